The summed E-state index contributed by atoms with van der Waals surface area (Å²) < 4.78 is 11.8. The van der Waals surface area contributed by atoms with Crippen molar-refractivity contribution >= 4 is 0 Å². The maximum atomic E-state index is 5.95. The quantitative estimate of drug-likeness (QED) is 0.753. The van der Waals surface area contributed by atoms with Crippen LogP contribution in [0.2, 0.25) is 0 Å². The summed E-state index contributed by atoms with van der Waals surface area (Å²) in [5.41, 5.74) is 1.23. The van der Waals surface area contributed by atoms with Gasteiger partial charge in [-0.15, -0.1) is 0 Å². The van der Waals surface area contributed by atoms with Crippen molar-refractivity contribution in [3.05, 3.63) is 35.9 Å². The smallest absolute Gasteiger partial charge is 0.169 e. The molecule has 1 aromatic rings. The number of fused-ring (bicyclic) bond motifs is 2. The second-order valence-corrected chi connectivity index (χ2v) is 4.50. The molecule has 2 aliphatic heterocycles. The molecule has 0 atom stereocenters. The van der Waals surface area contributed by atoms with Gasteiger partial charge in [0.05, 0.1) is 12.7 Å². The molecule has 2 heterocycles. The van der Waals surface area contributed by atoms with Crippen LogP contribution in [0.25, 0.3) is 0 Å². The third kappa shape index (κ3) is 1.80. The van der Waals surface area contributed by atoms with E-state index < -0.39 is 0 Å². The Morgan fingerprint density at radius 2 is 1.93 bits per heavy atom. The highest BCUT2D eigenvalue weighted by Crippen LogP contribution is 2.44. The zero-order valence-corrected chi connectivity index (χ0v) is 8.82. The molecule has 2 fully saturated rings. The minimum absolute atomic E-state index is 0.236. The molecule has 2 heteroatoms. The van der Waals surface area contributed by atoms with Gasteiger partial charge in [-0.1, -0.05) is 30.3 Å². The van der Waals surface area contributed by atoms with Gasteiger partial charge in [0.1, 0.15) is 0 Å². The van der Waals surface area contributed by atoms with Crippen LogP contribution in [0.5, 0.6) is 0 Å². The lowest BCUT2D eigenvalue weighted by Crippen LogP contribution is -2.28. The molecule has 0 aliphatic carbocycles. The van der Waals surface area contributed by atoms with Crippen LogP contribution < -0.4 is 0 Å². The van der Waals surface area contributed by atoms with E-state index in [0.717, 1.165) is 12.8 Å². The van der Waals surface area contributed by atoms with Crippen molar-refractivity contribution in [2.45, 2.75) is 44.2 Å². The first-order chi connectivity index (χ1) is 7.36. The molecule has 2 aliphatic rings. The van der Waals surface area contributed by atoms with E-state index in [4.69, 9.17) is 9.47 Å². The largest absolute Gasteiger partial charge is 0.347 e. The Morgan fingerprint density at radius 3 is 2.53 bits per heavy atom. The highest BCUT2D eigenvalue weighted by Gasteiger charge is 2.47. The van der Waals surface area contributed by atoms with Crippen LogP contribution in [0.3, 0.4) is 0 Å². The summed E-state index contributed by atoms with van der Waals surface area (Å²) in [4.78, 5) is 0. The molecule has 2 nitrogen and oxygen atoms in total. The highest BCUT2D eigenvalue weighted by atomic mass is 16.7. The third-order valence-corrected chi connectivity index (χ3v) is 3.42. The van der Waals surface area contributed by atoms with Gasteiger partial charge in [0.25, 0.3) is 0 Å². The summed E-state index contributed by atoms with van der Waals surface area (Å²) in [6, 6.07) is 10.3. The molecular weight excluding hydrogens is 188 g/mol. The van der Waals surface area contributed by atoms with Gasteiger partial charge in [-0.3, -0.25) is 0 Å². The molecule has 0 amide bonds. The Balaban J connectivity index is 1.62. The van der Waals surface area contributed by atoms with Gasteiger partial charge in [-0.2, -0.15) is 0 Å². The predicted octanol–water partition coefficient (Wildman–Crippen LogP) is 2.87. The van der Waals surface area contributed by atoms with Crippen LogP contribution >= 0.6 is 0 Å². The predicted molar refractivity (Wildman–Crippen MR) is 57.3 cm³/mol. The van der Waals surface area contributed by atoms with Gasteiger partial charge < -0.3 is 9.47 Å². The molecule has 0 aromatic heterocycles. The Labute approximate surface area is 90.2 Å². The second-order valence-electron chi connectivity index (χ2n) is 4.50. The fraction of sp³-hybridized carbons (Fsp3) is 0.538. The van der Waals surface area contributed by atoms with E-state index in [2.05, 4.69) is 12.1 Å². The third-order valence-electron chi connectivity index (χ3n) is 3.42. The van der Waals surface area contributed by atoms with E-state index in [9.17, 15) is 0 Å². The van der Waals surface area contributed by atoms with Gasteiger partial charge in [0, 0.05) is 12.8 Å². The maximum Gasteiger partial charge on any atom is 0.169 e. The standard InChI is InChI=1S/C13H16O2/c1-2-4-11(5-3-1)10-14-13-8-6-12(15-13)7-9-13/h1-5,12H,6-10H2. The van der Waals surface area contributed by atoms with E-state index in [1.165, 1.54) is 18.4 Å². The number of ether oxygens (including phenoxy) is 2. The van der Waals surface area contributed by atoms with Gasteiger partial charge in [-0.05, 0) is 18.4 Å². The number of hydrogen-bond donors (Lipinski definition) is 0. The van der Waals surface area contributed by atoms with Crippen molar-refractivity contribution in [2.75, 3.05) is 0 Å². The molecule has 0 radical (unpaired) electrons. The highest BCUT2D eigenvalue weighted by molar-refractivity contribution is 5.13. The van der Waals surface area contributed by atoms with Gasteiger partial charge in [-0.25, -0.2) is 0 Å². The van der Waals surface area contributed by atoms with Crippen LogP contribution in [0.4, 0.5) is 0 Å². The summed E-state index contributed by atoms with van der Waals surface area (Å²) in [5, 5.41) is 0. The molecular formula is C13H16O2. The number of rotatable bonds is 3. The number of hydrogen-bond acceptors (Lipinski definition) is 2. The molecule has 0 unspecified atom stereocenters. The van der Waals surface area contributed by atoms with Crippen LogP contribution in [0.1, 0.15) is 31.2 Å². The average Bonchev–Trinajstić information content (AvgIpc) is 2.89. The van der Waals surface area contributed by atoms with Crippen molar-refractivity contribution in [1.82, 2.24) is 0 Å². The van der Waals surface area contributed by atoms with Crippen molar-refractivity contribution in [1.29, 1.82) is 0 Å². The molecule has 3 rings (SSSR count). The Hall–Kier alpha value is -0.860. The second kappa shape index (κ2) is 3.62. The zero-order valence-electron chi connectivity index (χ0n) is 8.82. The Bertz CT molecular complexity index is 326. The lowest BCUT2D eigenvalue weighted by Gasteiger charge is -2.24. The summed E-state index contributed by atoms with van der Waals surface area (Å²) in [6.07, 6.45) is 4.97. The van der Waals surface area contributed by atoms with E-state index in [0.29, 0.717) is 12.7 Å². The molecule has 0 N–H and O–H groups in total. The number of benzene rings is 1. The molecule has 0 spiro atoms. The lowest BCUT2D eigenvalue weighted by atomic mass is 9.98. The first-order valence-electron chi connectivity index (χ1n) is 5.72. The molecule has 2 saturated heterocycles. The lowest BCUT2D eigenvalue weighted by molar-refractivity contribution is -0.204. The summed E-state index contributed by atoms with van der Waals surface area (Å²) in [6.45, 7) is 0.674. The molecule has 15 heavy (non-hydrogen) atoms. The topological polar surface area (TPSA) is 18.5 Å². The van der Waals surface area contributed by atoms with Gasteiger partial charge in [0.15, 0.2) is 5.79 Å². The fourth-order valence-corrected chi connectivity index (χ4v) is 2.54. The summed E-state index contributed by atoms with van der Waals surface area (Å²) in [7, 11) is 0. The van der Waals surface area contributed by atoms with E-state index in [-0.39, 0.29) is 5.79 Å². The Morgan fingerprint density at radius 1 is 1.20 bits per heavy atom. The molecule has 1 aromatic carbocycles. The average molecular weight is 204 g/mol. The normalized spacial score (nSPS) is 33.5. The van der Waals surface area contributed by atoms with Crippen LogP contribution in [-0.2, 0) is 16.1 Å². The molecule has 2 bridgehead atoms. The van der Waals surface area contributed by atoms with E-state index >= 15 is 0 Å². The first kappa shape index (κ1) is 9.37. The Kier molecular flexibility index (Phi) is 2.26. The van der Waals surface area contributed by atoms with Crippen molar-refractivity contribution in [3.8, 4) is 0 Å². The first-order valence-corrected chi connectivity index (χ1v) is 5.72. The molecule has 80 valence electrons. The fourth-order valence-electron chi connectivity index (χ4n) is 2.54. The van der Waals surface area contributed by atoms with Crippen molar-refractivity contribution < 1.29 is 9.47 Å². The minimum Gasteiger partial charge on any atom is -0.347 e. The summed E-state index contributed by atoms with van der Waals surface area (Å²) in [5.74, 6) is -0.236. The van der Waals surface area contributed by atoms with E-state index in [1.807, 2.05) is 18.2 Å². The van der Waals surface area contributed by atoms with Crippen molar-refractivity contribution in [2.24, 2.45) is 0 Å². The SMILES string of the molecule is c1ccc(COC23CCC(CC2)O3)cc1. The van der Waals surface area contributed by atoms with E-state index in [1.54, 1.807) is 0 Å². The summed E-state index contributed by atoms with van der Waals surface area (Å²) >= 11 is 0. The van der Waals surface area contributed by atoms with Gasteiger partial charge >= 0.3 is 0 Å². The maximum absolute atomic E-state index is 5.95. The zero-order chi connectivity index (χ0) is 10.1. The minimum atomic E-state index is -0.236. The monoisotopic (exact) mass is 204 g/mol. The molecule has 0 saturated carbocycles. The van der Waals surface area contributed by atoms with Crippen LogP contribution in [0, 0.1) is 0 Å². The van der Waals surface area contributed by atoms with Crippen LogP contribution in [0.15, 0.2) is 30.3 Å². The van der Waals surface area contributed by atoms with Crippen molar-refractivity contribution in [3.63, 3.8) is 0 Å². The van der Waals surface area contributed by atoms with Crippen LogP contribution in [-0.4, -0.2) is 11.9 Å². The van der Waals surface area contributed by atoms with Gasteiger partial charge in [0.2, 0.25) is 0 Å².